The number of fused-ring (bicyclic) bond motifs is 1. The summed E-state index contributed by atoms with van der Waals surface area (Å²) in [5.41, 5.74) is 2.33. The van der Waals surface area contributed by atoms with Crippen LogP contribution in [0.4, 0.5) is 5.82 Å². The quantitative estimate of drug-likeness (QED) is 0.683. The van der Waals surface area contributed by atoms with Crippen LogP contribution >= 0.6 is 0 Å². The lowest BCUT2D eigenvalue weighted by atomic mass is 9.87. The van der Waals surface area contributed by atoms with Crippen LogP contribution in [0.25, 0.3) is 0 Å². The van der Waals surface area contributed by atoms with Crippen LogP contribution in [0.2, 0.25) is 0 Å². The van der Waals surface area contributed by atoms with E-state index in [1.807, 2.05) is 6.08 Å². The van der Waals surface area contributed by atoms with Crippen molar-refractivity contribution < 1.29 is 4.74 Å². The second-order valence-corrected chi connectivity index (χ2v) is 6.61. The Balaban J connectivity index is 2.38. The Morgan fingerprint density at radius 3 is 2.92 bits per heavy atom. The van der Waals surface area contributed by atoms with Crippen molar-refractivity contribution in [1.82, 2.24) is 9.97 Å². The molecule has 0 spiro atoms. The zero-order valence-electron chi connectivity index (χ0n) is 15.1. The maximum Gasteiger partial charge on any atom is 0.318 e. The first-order chi connectivity index (χ1) is 11.6. The molecular weight excluding hydrogens is 300 g/mol. The minimum atomic E-state index is 0.308. The van der Waals surface area contributed by atoms with E-state index in [0.29, 0.717) is 24.3 Å². The van der Waals surface area contributed by atoms with E-state index >= 15 is 0 Å². The van der Waals surface area contributed by atoms with Gasteiger partial charge in [0.2, 0.25) is 0 Å². The van der Waals surface area contributed by atoms with E-state index in [0.717, 1.165) is 50.3 Å². The summed E-state index contributed by atoms with van der Waals surface area (Å²) in [6.45, 7) is 9.97. The Bertz CT molecular complexity index is 608. The SMILES string of the molecule is C=CC1CCc2c(nc(OC)nc2N(CCC)C[C@@H](C)CC#N)C1. The predicted molar refractivity (Wildman–Crippen MR) is 96.2 cm³/mol. The summed E-state index contributed by atoms with van der Waals surface area (Å²) in [7, 11) is 1.61. The van der Waals surface area contributed by atoms with Crippen molar-refractivity contribution in [1.29, 1.82) is 5.26 Å². The van der Waals surface area contributed by atoms with Gasteiger partial charge in [-0.1, -0.05) is 19.9 Å². The number of anilines is 1. The fourth-order valence-electron chi connectivity index (χ4n) is 3.30. The summed E-state index contributed by atoms with van der Waals surface area (Å²) >= 11 is 0. The van der Waals surface area contributed by atoms with E-state index in [1.54, 1.807) is 7.11 Å². The molecule has 24 heavy (non-hydrogen) atoms. The smallest absolute Gasteiger partial charge is 0.318 e. The van der Waals surface area contributed by atoms with Gasteiger partial charge in [0.15, 0.2) is 0 Å². The molecule has 1 aromatic rings. The highest BCUT2D eigenvalue weighted by Crippen LogP contribution is 2.33. The molecule has 1 aliphatic carbocycles. The molecule has 1 aromatic heterocycles. The van der Waals surface area contributed by atoms with Crippen LogP contribution in [0.15, 0.2) is 12.7 Å². The fourth-order valence-corrected chi connectivity index (χ4v) is 3.30. The van der Waals surface area contributed by atoms with Crippen molar-refractivity contribution in [3.8, 4) is 12.1 Å². The molecule has 0 N–H and O–H groups in total. The number of aromatic nitrogens is 2. The first kappa shape index (κ1) is 18.3. The van der Waals surface area contributed by atoms with Gasteiger partial charge in [0, 0.05) is 25.1 Å². The van der Waals surface area contributed by atoms with Crippen molar-refractivity contribution in [2.24, 2.45) is 11.8 Å². The second-order valence-electron chi connectivity index (χ2n) is 6.61. The summed E-state index contributed by atoms with van der Waals surface area (Å²) in [6, 6.07) is 2.70. The molecule has 2 rings (SSSR count). The van der Waals surface area contributed by atoms with Crippen molar-refractivity contribution in [2.75, 3.05) is 25.1 Å². The van der Waals surface area contributed by atoms with E-state index in [9.17, 15) is 0 Å². The van der Waals surface area contributed by atoms with Crippen molar-refractivity contribution in [3.63, 3.8) is 0 Å². The highest BCUT2D eigenvalue weighted by Gasteiger charge is 2.25. The van der Waals surface area contributed by atoms with Gasteiger partial charge in [0.25, 0.3) is 0 Å². The Morgan fingerprint density at radius 2 is 2.29 bits per heavy atom. The van der Waals surface area contributed by atoms with Gasteiger partial charge in [0.05, 0.1) is 18.9 Å². The van der Waals surface area contributed by atoms with Crippen LogP contribution in [-0.2, 0) is 12.8 Å². The minimum Gasteiger partial charge on any atom is -0.467 e. The number of hydrogen-bond acceptors (Lipinski definition) is 5. The molecule has 0 saturated carbocycles. The molecule has 1 heterocycles. The molecule has 5 heteroatoms. The van der Waals surface area contributed by atoms with Gasteiger partial charge < -0.3 is 9.64 Å². The third kappa shape index (κ3) is 4.25. The summed E-state index contributed by atoms with van der Waals surface area (Å²) in [6.07, 6.45) is 6.58. The normalized spacial score (nSPS) is 17.5. The number of hydrogen-bond donors (Lipinski definition) is 0. The van der Waals surface area contributed by atoms with E-state index in [2.05, 4.69) is 41.4 Å². The van der Waals surface area contributed by atoms with Crippen LogP contribution in [0.1, 0.15) is 44.4 Å². The average molecular weight is 328 g/mol. The van der Waals surface area contributed by atoms with E-state index in [1.165, 1.54) is 5.56 Å². The van der Waals surface area contributed by atoms with Gasteiger partial charge in [-0.3, -0.25) is 0 Å². The Kier molecular flexibility index (Phi) is 6.60. The summed E-state index contributed by atoms with van der Waals surface area (Å²) in [4.78, 5) is 11.6. The second kappa shape index (κ2) is 8.68. The van der Waals surface area contributed by atoms with E-state index < -0.39 is 0 Å². The van der Waals surface area contributed by atoms with Crippen molar-refractivity contribution in [2.45, 2.75) is 46.0 Å². The topological polar surface area (TPSA) is 62.0 Å². The van der Waals surface area contributed by atoms with Crippen LogP contribution in [0.3, 0.4) is 0 Å². The number of nitrogens with zero attached hydrogens (tertiary/aromatic N) is 4. The number of ether oxygens (including phenoxy) is 1. The molecule has 1 aliphatic rings. The van der Waals surface area contributed by atoms with E-state index in [-0.39, 0.29) is 0 Å². The van der Waals surface area contributed by atoms with E-state index in [4.69, 9.17) is 10.00 Å². The van der Waals surface area contributed by atoms with Crippen LogP contribution in [0.5, 0.6) is 6.01 Å². The zero-order valence-corrected chi connectivity index (χ0v) is 15.1. The number of rotatable bonds is 8. The summed E-state index contributed by atoms with van der Waals surface area (Å²) in [5.74, 6) is 1.77. The highest BCUT2D eigenvalue weighted by molar-refractivity contribution is 5.51. The highest BCUT2D eigenvalue weighted by atomic mass is 16.5. The first-order valence-electron chi connectivity index (χ1n) is 8.81. The lowest BCUT2D eigenvalue weighted by molar-refractivity contribution is 0.373. The fraction of sp³-hybridized carbons (Fsp3) is 0.632. The third-order valence-corrected chi connectivity index (χ3v) is 4.55. The summed E-state index contributed by atoms with van der Waals surface area (Å²) < 4.78 is 5.34. The monoisotopic (exact) mass is 328 g/mol. The molecule has 0 saturated heterocycles. The van der Waals surface area contributed by atoms with Crippen LogP contribution in [0, 0.1) is 23.2 Å². The molecule has 0 radical (unpaired) electrons. The molecule has 5 nitrogen and oxygen atoms in total. The molecule has 2 atom stereocenters. The average Bonchev–Trinajstić information content (AvgIpc) is 2.60. The lowest BCUT2D eigenvalue weighted by Gasteiger charge is -2.31. The molecule has 0 bridgehead atoms. The maximum absolute atomic E-state index is 8.96. The van der Waals surface area contributed by atoms with Crippen LogP contribution < -0.4 is 9.64 Å². The van der Waals surface area contributed by atoms with Gasteiger partial charge in [-0.2, -0.15) is 15.2 Å². The number of methoxy groups -OCH3 is 1. The van der Waals surface area contributed by atoms with Gasteiger partial charge in [-0.25, -0.2) is 0 Å². The molecule has 1 unspecified atom stereocenters. The Morgan fingerprint density at radius 1 is 1.50 bits per heavy atom. The van der Waals surface area contributed by atoms with Crippen molar-refractivity contribution in [3.05, 3.63) is 23.9 Å². The zero-order chi connectivity index (χ0) is 17.5. The molecule has 130 valence electrons. The molecular formula is C19H28N4O. The number of allylic oxidation sites excluding steroid dienone is 1. The third-order valence-electron chi connectivity index (χ3n) is 4.55. The molecule has 0 aliphatic heterocycles. The van der Waals surface area contributed by atoms with Crippen LogP contribution in [-0.4, -0.2) is 30.2 Å². The Labute approximate surface area is 145 Å². The van der Waals surface area contributed by atoms with Gasteiger partial charge in [-0.05, 0) is 37.5 Å². The summed E-state index contributed by atoms with van der Waals surface area (Å²) in [5, 5.41) is 8.96. The lowest BCUT2D eigenvalue weighted by Crippen LogP contribution is -2.32. The van der Waals surface area contributed by atoms with Gasteiger partial charge in [0.1, 0.15) is 5.82 Å². The maximum atomic E-state index is 8.96. The van der Waals surface area contributed by atoms with Crippen molar-refractivity contribution >= 4 is 5.82 Å². The standard InChI is InChI=1S/C19H28N4O/c1-5-11-23(13-14(3)9-10-20)18-16-8-7-15(6-2)12-17(16)21-19(22-18)24-4/h6,14-15H,2,5,7-9,11-13H2,1,3-4H3/t14-,15?/m0/s1. The molecule has 0 fully saturated rings. The largest absolute Gasteiger partial charge is 0.467 e. The number of nitriles is 1. The molecule has 0 aromatic carbocycles. The van der Waals surface area contributed by atoms with Gasteiger partial charge in [-0.15, -0.1) is 6.58 Å². The Hall–Kier alpha value is -2.09. The molecule has 0 amide bonds. The first-order valence-corrected chi connectivity index (χ1v) is 8.81. The van der Waals surface area contributed by atoms with Gasteiger partial charge >= 0.3 is 6.01 Å². The predicted octanol–water partition coefficient (Wildman–Crippen LogP) is 3.54. The minimum absolute atomic E-state index is 0.308.